The fourth-order valence-corrected chi connectivity index (χ4v) is 8.12. The van der Waals surface area contributed by atoms with Crippen molar-refractivity contribution < 1.29 is 0 Å². The molecule has 4 saturated carbocycles. The second-order valence-electron chi connectivity index (χ2n) is 7.69. The van der Waals surface area contributed by atoms with Crippen LogP contribution in [0.1, 0.15) is 65.7 Å². The Labute approximate surface area is 102 Å². The van der Waals surface area contributed by atoms with Crippen LogP contribution in [0, 0.1) is 16.2 Å². The van der Waals surface area contributed by atoms with Crippen LogP contribution in [0.2, 0.25) is 0 Å². The van der Waals surface area contributed by atoms with E-state index in [1.807, 2.05) is 0 Å². The summed E-state index contributed by atoms with van der Waals surface area (Å²) in [5.41, 5.74) is 1.97. The molecule has 2 atom stereocenters. The SMILES string of the molecule is CCC12CC3(C)CC(C)(CC(Br)(C3)C1)C2. The molecule has 0 nitrogen and oxygen atoms in total. The van der Waals surface area contributed by atoms with Crippen LogP contribution in [0.25, 0.3) is 0 Å². The lowest BCUT2D eigenvalue weighted by molar-refractivity contribution is -0.131. The molecule has 4 aliphatic carbocycles. The second kappa shape index (κ2) is 2.66. The number of hydrogen-bond acceptors (Lipinski definition) is 0. The Kier molecular flexibility index (Phi) is 1.88. The molecule has 86 valence electrons. The van der Waals surface area contributed by atoms with Gasteiger partial charge in [0.1, 0.15) is 0 Å². The summed E-state index contributed by atoms with van der Waals surface area (Å²) in [6.07, 6.45) is 10.2. The van der Waals surface area contributed by atoms with Crippen LogP contribution in [-0.2, 0) is 0 Å². The molecule has 4 rings (SSSR count). The molecule has 15 heavy (non-hydrogen) atoms. The highest BCUT2D eigenvalue weighted by molar-refractivity contribution is 9.10. The van der Waals surface area contributed by atoms with Gasteiger partial charge in [-0.15, -0.1) is 0 Å². The van der Waals surface area contributed by atoms with E-state index < -0.39 is 0 Å². The van der Waals surface area contributed by atoms with Gasteiger partial charge >= 0.3 is 0 Å². The second-order valence-corrected chi connectivity index (χ2v) is 9.37. The van der Waals surface area contributed by atoms with E-state index in [4.69, 9.17) is 0 Å². The molecule has 1 heteroatoms. The predicted molar refractivity (Wildman–Crippen MR) is 68.3 cm³/mol. The maximum absolute atomic E-state index is 4.10. The van der Waals surface area contributed by atoms with Gasteiger partial charge in [-0.1, -0.05) is 43.1 Å². The monoisotopic (exact) mass is 270 g/mol. The van der Waals surface area contributed by atoms with Crippen LogP contribution in [-0.4, -0.2) is 4.32 Å². The lowest BCUT2D eigenvalue weighted by atomic mass is 9.40. The molecule has 0 saturated heterocycles. The van der Waals surface area contributed by atoms with Gasteiger partial charge in [0, 0.05) is 4.32 Å². The van der Waals surface area contributed by atoms with Gasteiger partial charge < -0.3 is 0 Å². The molecule has 0 heterocycles. The topological polar surface area (TPSA) is 0 Å². The van der Waals surface area contributed by atoms with Crippen molar-refractivity contribution in [1.82, 2.24) is 0 Å². The average molecular weight is 271 g/mol. The van der Waals surface area contributed by atoms with Gasteiger partial charge in [0.15, 0.2) is 0 Å². The highest BCUT2D eigenvalue weighted by Gasteiger charge is 2.64. The summed E-state index contributed by atoms with van der Waals surface area (Å²) in [5.74, 6) is 0. The molecule has 4 bridgehead atoms. The van der Waals surface area contributed by atoms with Crippen LogP contribution in [0.5, 0.6) is 0 Å². The number of halogens is 1. The maximum Gasteiger partial charge on any atom is 0.0273 e. The van der Waals surface area contributed by atoms with E-state index in [2.05, 4.69) is 36.7 Å². The summed E-state index contributed by atoms with van der Waals surface area (Å²) in [7, 11) is 0. The Hall–Kier alpha value is 0.480. The van der Waals surface area contributed by atoms with Gasteiger partial charge in [-0.05, 0) is 54.8 Å². The Morgan fingerprint density at radius 2 is 1.40 bits per heavy atom. The number of hydrogen-bond donors (Lipinski definition) is 0. The Morgan fingerprint density at radius 3 is 1.80 bits per heavy atom. The molecular weight excluding hydrogens is 248 g/mol. The molecule has 0 radical (unpaired) electrons. The molecule has 0 amide bonds. The van der Waals surface area contributed by atoms with Crippen molar-refractivity contribution in [3.63, 3.8) is 0 Å². The van der Waals surface area contributed by atoms with E-state index in [0.29, 0.717) is 20.6 Å². The largest absolute Gasteiger partial charge is 0.0853 e. The minimum Gasteiger partial charge on any atom is -0.0853 e. The zero-order valence-electron chi connectivity index (χ0n) is 10.3. The van der Waals surface area contributed by atoms with Crippen LogP contribution < -0.4 is 0 Å². The van der Waals surface area contributed by atoms with E-state index in [-0.39, 0.29) is 0 Å². The van der Waals surface area contributed by atoms with Gasteiger partial charge in [0.2, 0.25) is 0 Å². The third-order valence-electron chi connectivity index (χ3n) is 5.39. The first-order valence-corrected chi connectivity index (χ1v) is 7.29. The number of alkyl halides is 1. The zero-order valence-corrected chi connectivity index (χ0v) is 11.9. The highest BCUT2D eigenvalue weighted by atomic mass is 79.9. The molecule has 0 spiro atoms. The van der Waals surface area contributed by atoms with Crippen molar-refractivity contribution in [2.24, 2.45) is 16.2 Å². The zero-order chi connectivity index (χ0) is 10.9. The molecule has 0 aliphatic heterocycles. The summed E-state index contributed by atoms with van der Waals surface area (Å²) in [6, 6.07) is 0. The molecule has 0 N–H and O–H groups in total. The lowest BCUT2D eigenvalue weighted by Gasteiger charge is -2.68. The molecular formula is C14H23Br. The molecule has 4 fully saturated rings. The van der Waals surface area contributed by atoms with Crippen LogP contribution in [0.4, 0.5) is 0 Å². The van der Waals surface area contributed by atoms with Gasteiger partial charge in [-0.25, -0.2) is 0 Å². The highest BCUT2D eigenvalue weighted by Crippen LogP contribution is 2.73. The third kappa shape index (κ3) is 1.45. The van der Waals surface area contributed by atoms with Crippen molar-refractivity contribution in [3.05, 3.63) is 0 Å². The fourth-order valence-electron chi connectivity index (χ4n) is 6.17. The van der Waals surface area contributed by atoms with E-state index in [1.165, 1.54) is 44.9 Å². The summed E-state index contributed by atoms with van der Waals surface area (Å²) >= 11 is 4.10. The van der Waals surface area contributed by atoms with Gasteiger partial charge in [-0.3, -0.25) is 0 Å². The van der Waals surface area contributed by atoms with Crippen LogP contribution in [0.3, 0.4) is 0 Å². The van der Waals surface area contributed by atoms with E-state index in [0.717, 1.165) is 0 Å². The lowest BCUT2D eigenvalue weighted by Crippen LogP contribution is -2.60. The van der Waals surface area contributed by atoms with Crippen molar-refractivity contribution in [1.29, 1.82) is 0 Å². The molecule has 0 aromatic heterocycles. The summed E-state index contributed by atoms with van der Waals surface area (Å²) < 4.78 is 0.501. The predicted octanol–water partition coefficient (Wildman–Crippen LogP) is 4.91. The third-order valence-corrected chi connectivity index (χ3v) is 6.23. The Morgan fingerprint density at radius 1 is 0.867 bits per heavy atom. The molecule has 0 aromatic carbocycles. The minimum atomic E-state index is 0.501. The first-order chi connectivity index (χ1) is 6.80. The first kappa shape index (κ1) is 10.6. The Balaban J connectivity index is 2.06. The van der Waals surface area contributed by atoms with Gasteiger partial charge in [0.25, 0.3) is 0 Å². The van der Waals surface area contributed by atoms with Crippen LogP contribution in [0.15, 0.2) is 0 Å². The fraction of sp³-hybridized carbons (Fsp3) is 1.00. The van der Waals surface area contributed by atoms with Crippen molar-refractivity contribution in [2.45, 2.75) is 70.0 Å². The smallest absolute Gasteiger partial charge is 0.0273 e. The van der Waals surface area contributed by atoms with E-state index >= 15 is 0 Å². The van der Waals surface area contributed by atoms with Crippen molar-refractivity contribution >= 4 is 15.9 Å². The van der Waals surface area contributed by atoms with E-state index in [9.17, 15) is 0 Å². The molecule has 2 unspecified atom stereocenters. The standard InChI is InChI=1S/C14H23Br/c1-4-13-6-11(2)5-12(3,7-13)9-14(15,8-11)10-13/h4-10H2,1-3H3. The normalized spacial score (nSPS) is 62.4. The summed E-state index contributed by atoms with van der Waals surface area (Å²) in [6.45, 7) is 7.50. The van der Waals surface area contributed by atoms with Crippen molar-refractivity contribution in [2.75, 3.05) is 0 Å². The maximum atomic E-state index is 4.10. The first-order valence-electron chi connectivity index (χ1n) is 6.49. The number of rotatable bonds is 1. The summed E-state index contributed by atoms with van der Waals surface area (Å²) in [5, 5.41) is 0. The van der Waals surface area contributed by atoms with Crippen molar-refractivity contribution in [3.8, 4) is 0 Å². The van der Waals surface area contributed by atoms with Crippen LogP contribution >= 0.6 is 15.9 Å². The van der Waals surface area contributed by atoms with E-state index in [1.54, 1.807) is 0 Å². The Bertz CT molecular complexity index is 253. The average Bonchev–Trinajstić information content (AvgIpc) is 1.94. The molecule has 4 aliphatic rings. The summed E-state index contributed by atoms with van der Waals surface area (Å²) in [4.78, 5) is 0. The quantitative estimate of drug-likeness (QED) is 0.594. The van der Waals surface area contributed by atoms with Gasteiger partial charge in [-0.2, -0.15) is 0 Å². The molecule has 0 aromatic rings. The minimum absolute atomic E-state index is 0.501. The van der Waals surface area contributed by atoms with Gasteiger partial charge in [0.05, 0.1) is 0 Å².